The second-order valence-corrected chi connectivity index (χ2v) is 2.50. The van der Waals surface area contributed by atoms with Crippen LogP contribution < -0.4 is 0 Å². The molecule has 0 spiro atoms. The van der Waals surface area contributed by atoms with Gasteiger partial charge in [0.1, 0.15) is 0 Å². The zero-order valence-corrected chi connectivity index (χ0v) is 7.07. The summed E-state index contributed by atoms with van der Waals surface area (Å²) in [4.78, 5) is 14.1. The van der Waals surface area contributed by atoms with Crippen molar-refractivity contribution in [3.63, 3.8) is 0 Å². The van der Waals surface area contributed by atoms with Gasteiger partial charge in [0.15, 0.2) is 5.71 Å². The Balaban J connectivity index is 2.62. The fraction of sp³-hybridized carbons (Fsp3) is 0.500. The van der Waals surface area contributed by atoms with E-state index in [0.717, 1.165) is 6.42 Å². The summed E-state index contributed by atoms with van der Waals surface area (Å²) in [7, 11) is 1.56. The Bertz CT molecular complexity index is 251. The van der Waals surface area contributed by atoms with Crippen LogP contribution >= 0.6 is 0 Å². The first-order chi connectivity index (χ1) is 5.70. The molecule has 1 atom stereocenters. The van der Waals surface area contributed by atoms with Gasteiger partial charge in [-0.05, 0) is 6.42 Å². The van der Waals surface area contributed by atoms with Crippen LogP contribution in [0.4, 0.5) is 0 Å². The summed E-state index contributed by atoms with van der Waals surface area (Å²) in [5.41, 5.74) is 0.816. The van der Waals surface area contributed by atoms with E-state index >= 15 is 0 Å². The molecule has 0 saturated heterocycles. The summed E-state index contributed by atoms with van der Waals surface area (Å²) >= 11 is 0. The van der Waals surface area contributed by atoms with E-state index < -0.39 is 5.97 Å². The van der Waals surface area contributed by atoms with Crippen molar-refractivity contribution in [2.45, 2.75) is 19.4 Å². The van der Waals surface area contributed by atoms with E-state index in [-0.39, 0.29) is 11.8 Å². The van der Waals surface area contributed by atoms with Gasteiger partial charge in [0, 0.05) is 18.9 Å². The minimum absolute atomic E-state index is 0.128. The fourth-order valence-electron chi connectivity index (χ4n) is 1.13. The van der Waals surface area contributed by atoms with E-state index in [9.17, 15) is 4.79 Å². The van der Waals surface area contributed by atoms with Gasteiger partial charge in [-0.1, -0.05) is 6.92 Å². The molecule has 1 unspecified atom stereocenters. The smallest absolute Gasteiger partial charge is 0.354 e. The molecular weight excluding hydrogens is 158 g/mol. The van der Waals surface area contributed by atoms with Crippen molar-refractivity contribution in [3.05, 3.63) is 11.8 Å². The summed E-state index contributed by atoms with van der Waals surface area (Å²) < 4.78 is 5.07. The second kappa shape index (κ2) is 3.49. The average molecular weight is 169 g/mol. The molecule has 0 aromatic carbocycles. The van der Waals surface area contributed by atoms with Crippen LogP contribution in [0.2, 0.25) is 0 Å². The van der Waals surface area contributed by atoms with E-state index in [4.69, 9.17) is 9.84 Å². The maximum absolute atomic E-state index is 10.5. The minimum atomic E-state index is -0.983. The highest BCUT2D eigenvalue weighted by Crippen LogP contribution is 2.19. The van der Waals surface area contributed by atoms with Crippen LogP contribution in [0.15, 0.2) is 16.8 Å². The van der Waals surface area contributed by atoms with E-state index in [2.05, 4.69) is 4.99 Å². The molecule has 1 aliphatic rings. The Hall–Kier alpha value is -1.16. The summed E-state index contributed by atoms with van der Waals surface area (Å²) in [5, 5.41) is 8.62. The number of nitrogens with zero attached hydrogens (tertiary/aromatic N) is 1. The number of carboxylic acids is 1. The topological polar surface area (TPSA) is 58.9 Å². The van der Waals surface area contributed by atoms with Gasteiger partial charge in [-0.25, -0.2) is 9.79 Å². The maximum atomic E-state index is 10.5. The van der Waals surface area contributed by atoms with Crippen LogP contribution in [0, 0.1) is 0 Å². The number of carbonyl (C=O) groups is 1. The van der Waals surface area contributed by atoms with Crippen molar-refractivity contribution in [1.29, 1.82) is 0 Å². The molecule has 0 fully saturated rings. The number of carboxylic acid groups (broad SMARTS) is 1. The number of aliphatic imine (C=N–C) groups is 1. The lowest BCUT2D eigenvalue weighted by Gasteiger charge is -2.20. The first kappa shape index (κ1) is 8.93. The molecule has 12 heavy (non-hydrogen) atoms. The Morgan fingerprint density at radius 2 is 2.50 bits per heavy atom. The number of rotatable bonds is 4. The van der Waals surface area contributed by atoms with E-state index in [1.54, 1.807) is 13.3 Å². The third-order valence-corrected chi connectivity index (χ3v) is 1.81. The second-order valence-electron chi connectivity index (χ2n) is 2.50. The predicted octanol–water partition coefficient (Wildman–Crippen LogP) is 0.835. The Morgan fingerprint density at radius 3 is 2.75 bits per heavy atom. The molecule has 1 rings (SSSR count). The molecule has 0 saturated carbocycles. The highest BCUT2D eigenvalue weighted by molar-refractivity contribution is 6.44. The molecule has 0 aliphatic carbocycles. The van der Waals surface area contributed by atoms with Crippen molar-refractivity contribution in [3.8, 4) is 0 Å². The van der Waals surface area contributed by atoms with Crippen molar-refractivity contribution in [2.75, 3.05) is 7.11 Å². The molecule has 1 heterocycles. The third-order valence-electron chi connectivity index (χ3n) is 1.81. The van der Waals surface area contributed by atoms with Gasteiger partial charge in [-0.2, -0.15) is 0 Å². The summed E-state index contributed by atoms with van der Waals surface area (Å²) in [5.74, 6) is -0.983. The summed E-state index contributed by atoms with van der Waals surface area (Å²) in [6.07, 6.45) is 2.17. The summed E-state index contributed by atoms with van der Waals surface area (Å²) in [6.45, 7) is 1.94. The minimum Gasteiger partial charge on any atom is -0.476 e. The fourth-order valence-corrected chi connectivity index (χ4v) is 1.13. The molecule has 66 valence electrons. The lowest BCUT2D eigenvalue weighted by atomic mass is 10.00. The molecule has 0 aromatic rings. The van der Waals surface area contributed by atoms with E-state index in [1.165, 1.54) is 0 Å². The van der Waals surface area contributed by atoms with Crippen LogP contribution in [-0.4, -0.2) is 30.0 Å². The molecule has 0 radical (unpaired) electrons. The van der Waals surface area contributed by atoms with Gasteiger partial charge in [-0.15, -0.1) is 0 Å². The van der Waals surface area contributed by atoms with Crippen LogP contribution in [0.3, 0.4) is 0 Å². The van der Waals surface area contributed by atoms with E-state index in [0.29, 0.717) is 5.57 Å². The van der Waals surface area contributed by atoms with Crippen LogP contribution in [0.1, 0.15) is 13.3 Å². The number of methoxy groups -OCH3 is 1. The normalized spacial score (nSPS) is 17.5. The lowest BCUT2D eigenvalue weighted by Crippen LogP contribution is -2.29. The number of hydrogen-bond donors (Lipinski definition) is 1. The third kappa shape index (κ3) is 1.38. The maximum Gasteiger partial charge on any atom is 0.354 e. The van der Waals surface area contributed by atoms with Gasteiger partial charge in [0.2, 0.25) is 0 Å². The predicted molar refractivity (Wildman–Crippen MR) is 44.2 cm³/mol. The van der Waals surface area contributed by atoms with Crippen LogP contribution in [0.5, 0.6) is 0 Å². The Morgan fingerprint density at radius 1 is 1.83 bits per heavy atom. The van der Waals surface area contributed by atoms with Crippen LogP contribution in [-0.2, 0) is 9.53 Å². The molecule has 0 amide bonds. The first-order valence-corrected chi connectivity index (χ1v) is 3.75. The average Bonchev–Trinajstić information content (AvgIpc) is 1.96. The lowest BCUT2D eigenvalue weighted by molar-refractivity contribution is -0.129. The monoisotopic (exact) mass is 169 g/mol. The highest BCUT2D eigenvalue weighted by Gasteiger charge is 2.27. The van der Waals surface area contributed by atoms with E-state index in [1.807, 2.05) is 6.92 Å². The van der Waals surface area contributed by atoms with Crippen molar-refractivity contribution < 1.29 is 14.6 Å². The van der Waals surface area contributed by atoms with Gasteiger partial charge in [0.05, 0.1) is 6.10 Å². The number of aliphatic carboxylic acids is 1. The zero-order valence-electron chi connectivity index (χ0n) is 7.07. The Labute approximate surface area is 70.6 Å². The largest absolute Gasteiger partial charge is 0.476 e. The molecule has 0 aromatic heterocycles. The molecule has 4 heteroatoms. The quantitative estimate of drug-likeness (QED) is 0.678. The molecule has 1 N–H and O–H groups in total. The van der Waals surface area contributed by atoms with Crippen molar-refractivity contribution in [1.82, 2.24) is 0 Å². The highest BCUT2D eigenvalue weighted by atomic mass is 16.5. The van der Waals surface area contributed by atoms with Crippen molar-refractivity contribution >= 4 is 11.7 Å². The number of hydrogen-bond acceptors (Lipinski definition) is 3. The molecule has 1 aliphatic heterocycles. The number of ether oxygens (including phenoxy) is 1. The van der Waals surface area contributed by atoms with Crippen LogP contribution in [0.25, 0.3) is 0 Å². The first-order valence-electron chi connectivity index (χ1n) is 3.75. The Kier molecular flexibility index (Phi) is 2.60. The molecular formula is C8H11NO3. The van der Waals surface area contributed by atoms with Gasteiger partial charge >= 0.3 is 5.97 Å². The molecule has 0 bridgehead atoms. The SMILES string of the molecule is CCC(OC)C1=CN=C1C(=O)O. The van der Waals surface area contributed by atoms with Crippen molar-refractivity contribution in [2.24, 2.45) is 4.99 Å². The standard InChI is InChI=1S/C8H11NO3/c1-3-6(12-2)5-4-9-7(5)8(10)11/h4,6H,3H2,1-2H3,(H,10,11). The molecule has 4 nitrogen and oxygen atoms in total. The van der Waals surface area contributed by atoms with Gasteiger partial charge < -0.3 is 9.84 Å². The zero-order chi connectivity index (χ0) is 9.14. The van der Waals surface area contributed by atoms with Gasteiger partial charge in [-0.3, -0.25) is 0 Å². The summed E-state index contributed by atoms with van der Waals surface area (Å²) in [6, 6.07) is 0. The van der Waals surface area contributed by atoms with Gasteiger partial charge in [0.25, 0.3) is 0 Å².